The van der Waals surface area contributed by atoms with Gasteiger partial charge in [-0.15, -0.1) is 0 Å². The Bertz CT molecular complexity index is 432. The summed E-state index contributed by atoms with van der Waals surface area (Å²) in [6.07, 6.45) is 2.07. The molecule has 17 heavy (non-hydrogen) atoms. The summed E-state index contributed by atoms with van der Waals surface area (Å²) < 4.78 is 13.9. The number of hydrogen-bond acceptors (Lipinski definition) is 3. The number of aliphatic hydroxyl groups is 1. The molecule has 0 aliphatic heterocycles. The Balaban J connectivity index is 2.27. The lowest BCUT2D eigenvalue weighted by Gasteiger charge is -2.24. The van der Waals surface area contributed by atoms with Gasteiger partial charge in [0.2, 0.25) is 0 Å². The second-order valence-corrected chi connectivity index (χ2v) is 4.23. The van der Waals surface area contributed by atoms with Crippen molar-refractivity contribution in [1.29, 1.82) is 5.41 Å². The summed E-state index contributed by atoms with van der Waals surface area (Å²) >= 11 is 0. The molecule has 0 spiro atoms. The van der Waals surface area contributed by atoms with E-state index in [0.717, 1.165) is 12.8 Å². The third-order valence-electron chi connectivity index (χ3n) is 2.90. The standard InChI is InChI=1S/C12H16FN3O/c13-10-7-8(12(14)15)1-4-11(10)16(5-6-17)9-2-3-9/h1,4,7,9,17H,2-3,5-6H2,(H3,14,15). The van der Waals surface area contributed by atoms with Crippen LogP contribution in [0.5, 0.6) is 0 Å². The van der Waals surface area contributed by atoms with Crippen LogP contribution in [-0.2, 0) is 0 Å². The van der Waals surface area contributed by atoms with Gasteiger partial charge < -0.3 is 15.7 Å². The zero-order valence-electron chi connectivity index (χ0n) is 9.49. The van der Waals surface area contributed by atoms with E-state index in [9.17, 15) is 4.39 Å². The minimum Gasteiger partial charge on any atom is -0.395 e. The molecule has 1 aromatic rings. The van der Waals surface area contributed by atoms with Crippen molar-refractivity contribution in [2.24, 2.45) is 5.73 Å². The lowest BCUT2D eigenvalue weighted by molar-refractivity contribution is 0.301. The molecule has 0 atom stereocenters. The molecule has 0 bridgehead atoms. The van der Waals surface area contributed by atoms with Crippen molar-refractivity contribution in [2.75, 3.05) is 18.1 Å². The maximum atomic E-state index is 13.9. The monoisotopic (exact) mass is 237 g/mol. The highest BCUT2D eigenvalue weighted by Gasteiger charge is 2.30. The minimum atomic E-state index is -0.391. The van der Waals surface area contributed by atoms with E-state index in [1.54, 1.807) is 12.1 Å². The molecule has 4 nitrogen and oxygen atoms in total. The SMILES string of the molecule is N=C(N)c1ccc(N(CCO)C2CC2)c(F)c1. The Morgan fingerprint density at radius 3 is 2.71 bits per heavy atom. The molecule has 1 aliphatic rings. The zero-order chi connectivity index (χ0) is 12.4. The van der Waals surface area contributed by atoms with Crippen LogP contribution < -0.4 is 10.6 Å². The van der Waals surface area contributed by atoms with E-state index in [-0.39, 0.29) is 12.4 Å². The highest BCUT2D eigenvalue weighted by Crippen LogP contribution is 2.33. The van der Waals surface area contributed by atoms with Crippen LogP contribution in [0.3, 0.4) is 0 Å². The van der Waals surface area contributed by atoms with Gasteiger partial charge in [-0.3, -0.25) is 5.41 Å². The van der Waals surface area contributed by atoms with Gasteiger partial charge >= 0.3 is 0 Å². The number of halogens is 1. The first-order chi connectivity index (χ1) is 8.13. The van der Waals surface area contributed by atoms with Crippen LogP contribution in [0.1, 0.15) is 18.4 Å². The topological polar surface area (TPSA) is 73.3 Å². The van der Waals surface area contributed by atoms with Gasteiger partial charge in [-0.2, -0.15) is 0 Å². The molecule has 4 N–H and O–H groups in total. The van der Waals surface area contributed by atoms with Crippen LogP contribution in [-0.4, -0.2) is 30.1 Å². The quantitative estimate of drug-likeness (QED) is 0.530. The second-order valence-electron chi connectivity index (χ2n) is 4.23. The normalized spacial score (nSPS) is 14.7. The van der Waals surface area contributed by atoms with Crippen LogP contribution in [0.4, 0.5) is 10.1 Å². The van der Waals surface area contributed by atoms with Crippen molar-refractivity contribution in [3.8, 4) is 0 Å². The van der Waals surface area contributed by atoms with Gasteiger partial charge in [-0.25, -0.2) is 4.39 Å². The summed E-state index contributed by atoms with van der Waals surface area (Å²) in [5.41, 5.74) is 6.16. The summed E-state index contributed by atoms with van der Waals surface area (Å²) in [5.74, 6) is -0.534. The maximum absolute atomic E-state index is 13.9. The number of amidine groups is 1. The van der Waals surface area contributed by atoms with Crippen molar-refractivity contribution < 1.29 is 9.50 Å². The molecule has 0 heterocycles. The first-order valence-corrected chi connectivity index (χ1v) is 5.65. The minimum absolute atomic E-state index is 0.00436. The highest BCUT2D eigenvalue weighted by molar-refractivity contribution is 5.95. The van der Waals surface area contributed by atoms with Crippen molar-refractivity contribution in [3.05, 3.63) is 29.6 Å². The van der Waals surface area contributed by atoms with Crippen molar-refractivity contribution in [2.45, 2.75) is 18.9 Å². The molecule has 1 saturated carbocycles. The summed E-state index contributed by atoms with van der Waals surface area (Å²) in [6, 6.07) is 4.86. The molecule has 1 aromatic carbocycles. The van der Waals surface area contributed by atoms with Gasteiger partial charge in [0, 0.05) is 18.2 Å². The van der Waals surface area contributed by atoms with E-state index >= 15 is 0 Å². The van der Waals surface area contributed by atoms with Crippen LogP contribution >= 0.6 is 0 Å². The largest absolute Gasteiger partial charge is 0.395 e. The number of nitrogens with zero attached hydrogens (tertiary/aromatic N) is 1. The fourth-order valence-electron chi connectivity index (χ4n) is 1.90. The molecular weight excluding hydrogens is 221 g/mol. The predicted octanol–water partition coefficient (Wildman–Crippen LogP) is 1.07. The van der Waals surface area contributed by atoms with E-state index < -0.39 is 5.82 Å². The van der Waals surface area contributed by atoms with Crippen molar-refractivity contribution >= 4 is 11.5 Å². The van der Waals surface area contributed by atoms with Crippen LogP contribution in [0.25, 0.3) is 0 Å². The fourth-order valence-corrected chi connectivity index (χ4v) is 1.90. The van der Waals surface area contributed by atoms with E-state index in [1.165, 1.54) is 6.07 Å². The van der Waals surface area contributed by atoms with Gasteiger partial charge in [0.05, 0.1) is 12.3 Å². The number of nitrogen functional groups attached to an aromatic ring is 1. The molecule has 1 fully saturated rings. The number of hydrogen-bond donors (Lipinski definition) is 3. The Morgan fingerprint density at radius 1 is 1.53 bits per heavy atom. The molecular formula is C12H16FN3O. The van der Waals surface area contributed by atoms with Crippen LogP contribution in [0.2, 0.25) is 0 Å². The lowest BCUT2D eigenvalue weighted by atomic mass is 10.1. The van der Waals surface area contributed by atoms with Crippen molar-refractivity contribution in [3.63, 3.8) is 0 Å². The molecule has 0 amide bonds. The summed E-state index contributed by atoms with van der Waals surface area (Å²) in [5, 5.41) is 16.2. The smallest absolute Gasteiger partial charge is 0.147 e. The van der Waals surface area contributed by atoms with Gasteiger partial charge in [0.1, 0.15) is 11.7 Å². The zero-order valence-corrected chi connectivity index (χ0v) is 9.49. The number of anilines is 1. The highest BCUT2D eigenvalue weighted by atomic mass is 19.1. The molecule has 0 radical (unpaired) electrons. The maximum Gasteiger partial charge on any atom is 0.147 e. The number of rotatable bonds is 5. The average molecular weight is 237 g/mol. The van der Waals surface area contributed by atoms with Gasteiger partial charge in [0.15, 0.2) is 0 Å². The van der Waals surface area contributed by atoms with E-state index in [2.05, 4.69) is 0 Å². The fraction of sp³-hybridized carbons (Fsp3) is 0.417. The molecule has 92 valence electrons. The predicted molar refractivity (Wildman–Crippen MR) is 64.9 cm³/mol. The first kappa shape index (κ1) is 11.9. The Labute approximate surface area is 99.4 Å². The van der Waals surface area contributed by atoms with Crippen molar-refractivity contribution in [1.82, 2.24) is 0 Å². The Kier molecular flexibility index (Phi) is 3.28. The van der Waals surface area contributed by atoms with Crippen LogP contribution in [0.15, 0.2) is 18.2 Å². The summed E-state index contributed by atoms with van der Waals surface area (Å²) in [4.78, 5) is 1.87. The first-order valence-electron chi connectivity index (χ1n) is 5.65. The van der Waals surface area contributed by atoms with Gasteiger partial charge in [-0.05, 0) is 31.0 Å². The number of benzene rings is 1. The summed E-state index contributed by atoms with van der Waals surface area (Å²) in [7, 11) is 0. The average Bonchev–Trinajstić information content (AvgIpc) is 3.10. The molecule has 0 saturated heterocycles. The van der Waals surface area contributed by atoms with E-state index in [4.69, 9.17) is 16.2 Å². The number of aliphatic hydroxyl groups excluding tert-OH is 1. The third-order valence-corrected chi connectivity index (χ3v) is 2.90. The lowest BCUT2D eigenvalue weighted by Crippen LogP contribution is -2.29. The van der Waals surface area contributed by atoms with Crippen LogP contribution in [0, 0.1) is 11.2 Å². The molecule has 0 unspecified atom stereocenters. The van der Waals surface area contributed by atoms with E-state index in [1.807, 2.05) is 4.90 Å². The number of nitrogens with two attached hydrogens (primary N) is 1. The molecule has 1 aliphatic carbocycles. The molecule has 5 heteroatoms. The third kappa shape index (κ3) is 2.55. The number of nitrogens with one attached hydrogen (secondary N) is 1. The Morgan fingerprint density at radius 2 is 2.24 bits per heavy atom. The van der Waals surface area contributed by atoms with Gasteiger partial charge in [-0.1, -0.05) is 0 Å². The molecule has 2 rings (SSSR count). The van der Waals surface area contributed by atoms with E-state index in [0.29, 0.717) is 23.8 Å². The summed E-state index contributed by atoms with van der Waals surface area (Å²) in [6.45, 7) is 0.436. The molecule has 0 aromatic heterocycles. The Hall–Kier alpha value is -1.62. The van der Waals surface area contributed by atoms with Gasteiger partial charge in [0.25, 0.3) is 0 Å². The second kappa shape index (κ2) is 4.71.